The maximum Gasteiger partial charge on any atom is 0.303 e. The van der Waals surface area contributed by atoms with Crippen molar-refractivity contribution in [1.82, 2.24) is 0 Å². The fourth-order valence-corrected chi connectivity index (χ4v) is 1.60. The van der Waals surface area contributed by atoms with Gasteiger partial charge in [-0.05, 0) is 0 Å². The largest absolute Gasteiger partial charge is 0.462 e. The Hall–Kier alpha value is -1.11. The van der Waals surface area contributed by atoms with Gasteiger partial charge in [0.15, 0.2) is 12.2 Å². The summed E-state index contributed by atoms with van der Waals surface area (Å²) in [6.07, 6.45) is -1.52. The van der Waals surface area contributed by atoms with Gasteiger partial charge in [-0.25, -0.2) is 0 Å². The first kappa shape index (κ1) is 15.9. The molecule has 17 heavy (non-hydrogen) atoms. The number of ether oxygens (including phenoxy) is 3. The van der Waals surface area contributed by atoms with Crippen LogP contribution >= 0.6 is 15.9 Å². The maximum absolute atomic E-state index is 10.9. The highest BCUT2D eigenvalue weighted by Crippen LogP contribution is 2.10. The van der Waals surface area contributed by atoms with Gasteiger partial charge >= 0.3 is 17.9 Å². The second kappa shape index (κ2) is 8.05. The van der Waals surface area contributed by atoms with Crippen molar-refractivity contribution in [3.8, 4) is 0 Å². The molecule has 7 heteroatoms. The predicted octanol–water partition coefficient (Wildman–Crippen LogP) is 0.808. The van der Waals surface area contributed by atoms with Crippen LogP contribution in [0.2, 0.25) is 0 Å². The van der Waals surface area contributed by atoms with E-state index in [2.05, 4.69) is 15.9 Å². The van der Waals surface area contributed by atoms with Gasteiger partial charge in [-0.2, -0.15) is 0 Å². The van der Waals surface area contributed by atoms with Crippen LogP contribution in [-0.4, -0.2) is 42.1 Å². The van der Waals surface area contributed by atoms with Crippen LogP contribution in [-0.2, 0) is 28.6 Å². The Labute approximate surface area is 108 Å². The summed E-state index contributed by atoms with van der Waals surface area (Å²) in [5, 5.41) is 0.270. The smallest absolute Gasteiger partial charge is 0.303 e. The zero-order valence-electron chi connectivity index (χ0n) is 9.90. The Morgan fingerprint density at radius 3 is 1.76 bits per heavy atom. The summed E-state index contributed by atoms with van der Waals surface area (Å²) in [6, 6.07) is 0. The molecule has 0 bridgehead atoms. The third kappa shape index (κ3) is 7.73. The predicted molar refractivity (Wildman–Crippen MR) is 61.5 cm³/mol. The van der Waals surface area contributed by atoms with Crippen LogP contribution in [0.3, 0.4) is 0 Å². The Kier molecular flexibility index (Phi) is 7.53. The van der Waals surface area contributed by atoms with Crippen LogP contribution in [0.1, 0.15) is 20.8 Å². The van der Waals surface area contributed by atoms with Gasteiger partial charge in [-0.15, -0.1) is 0 Å². The molecule has 0 aromatic heterocycles. The Morgan fingerprint density at radius 1 is 0.941 bits per heavy atom. The molecular formula is C10H15BrO6. The van der Waals surface area contributed by atoms with Crippen molar-refractivity contribution < 1.29 is 28.6 Å². The number of carbonyl (C=O) groups is 3. The zero-order chi connectivity index (χ0) is 13.4. The molecule has 98 valence electrons. The molecule has 2 unspecified atom stereocenters. The number of hydrogen-bond donors (Lipinski definition) is 0. The van der Waals surface area contributed by atoms with Crippen molar-refractivity contribution in [3.63, 3.8) is 0 Å². The van der Waals surface area contributed by atoms with E-state index in [0.717, 1.165) is 0 Å². The van der Waals surface area contributed by atoms with Gasteiger partial charge in [-0.1, -0.05) is 15.9 Å². The van der Waals surface area contributed by atoms with Crippen LogP contribution in [0.5, 0.6) is 0 Å². The molecule has 0 heterocycles. The van der Waals surface area contributed by atoms with E-state index in [1.54, 1.807) is 0 Å². The summed E-state index contributed by atoms with van der Waals surface area (Å²) >= 11 is 3.13. The lowest BCUT2D eigenvalue weighted by atomic mass is 10.2. The third-order valence-corrected chi connectivity index (χ3v) is 2.29. The van der Waals surface area contributed by atoms with Gasteiger partial charge in [0.05, 0.1) is 0 Å². The highest BCUT2D eigenvalue weighted by atomic mass is 79.9. The Bertz CT molecular complexity index is 291. The van der Waals surface area contributed by atoms with Gasteiger partial charge in [-0.3, -0.25) is 14.4 Å². The summed E-state index contributed by atoms with van der Waals surface area (Å²) in [5.41, 5.74) is 0. The van der Waals surface area contributed by atoms with Gasteiger partial charge in [0.2, 0.25) is 0 Å². The molecule has 6 nitrogen and oxygen atoms in total. The number of rotatable bonds is 6. The van der Waals surface area contributed by atoms with Crippen molar-refractivity contribution in [2.24, 2.45) is 0 Å². The molecule has 0 aliphatic carbocycles. The van der Waals surface area contributed by atoms with Crippen molar-refractivity contribution >= 4 is 33.8 Å². The van der Waals surface area contributed by atoms with E-state index in [-0.39, 0.29) is 11.9 Å². The number of carbonyl (C=O) groups excluding carboxylic acids is 3. The molecule has 0 aromatic carbocycles. The first-order valence-corrected chi connectivity index (χ1v) is 6.02. The second-order valence-corrected chi connectivity index (χ2v) is 3.90. The average molecular weight is 311 g/mol. The minimum atomic E-state index is -0.820. The normalized spacial score (nSPS) is 13.4. The molecular weight excluding hydrogens is 296 g/mol. The van der Waals surface area contributed by atoms with Crippen molar-refractivity contribution in [2.75, 3.05) is 11.9 Å². The minimum absolute atomic E-state index is 0.154. The molecule has 0 N–H and O–H groups in total. The van der Waals surface area contributed by atoms with E-state index in [1.165, 1.54) is 20.8 Å². The van der Waals surface area contributed by atoms with Crippen LogP contribution < -0.4 is 0 Å². The van der Waals surface area contributed by atoms with Crippen molar-refractivity contribution in [1.29, 1.82) is 0 Å². The lowest BCUT2D eigenvalue weighted by Crippen LogP contribution is -2.39. The Morgan fingerprint density at radius 2 is 1.41 bits per heavy atom. The monoisotopic (exact) mass is 310 g/mol. The van der Waals surface area contributed by atoms with Crippen LogP contribution in [0.4, 0.5) is 0 Å². The molecule has 0 aromatic rings. The van der Waals surface area contributed by atoms with Crippen LogP contribution in [0.15, 0.2) is 0 Å². The highest BCUT2D eigenvalue weighted by Gasteiger charge is 2.27. The first-order valence-electron chi connectivity index (χ1n) is 4.90. The highest BCUT2D eigenvalue weighted by molar-refractivity contribution is 9.09. The Balaban J connectivity index is 4.54. The third-order valence-electron chi connectivity index (χ3n) is 1.65. The van der Waals surface area contributed by atoms with Gasteiger partial charge in [0.1, 0.15) is 6.61 Å². The lowest BCUT2D eigenvalue weighted by molar-refractivity contribution is -0.170. The van der Waals surface area contributed by atoms with E-state index in [0.29, 0.717) is 0 Å². The minimum Gasteiger partial charge on any atom is -0.462 e. The molecule has 0 fully saturated rings. The quantitative estimate of drug-likeness (QED) is 0.410. The zero-order valence-corrected chi connectivity index (χ0v) is 11.5. The van der Waals surface area contributed by atoms with E-state index in [4.69, 9.17) is 14.2 Å². The molecule has 0 rings (SSSR count). The maximum atomic E-state index is 10.9. The van der Waals surface area contributed by atoms with Gasteiger partial charge in [0.25, 0.3) is 0 Å². The molecule has 0 spiro atoms. The molecule has 0 saturated carbocycles. The number of alkyl halides is 1. The molecule has 0 aliphatic heterocycles. The number of hydrogen-bond acceptors (Lipinski definition) is 6. The topological polar surface area (TPSA) is 78.9 Å². The summed E-state index contributed by atoms with van der Waals surface area (Å²) in [4.78, 5) is 32.4. The average Bonchev–Trinajstić information content (AvgIpc) is 2.20. The molecule has 2 atom stereocenters. The van der Waals surface area contributed by atoms with Crippen LogP contribution in [0.25, 0.3) is 0 Å². The summed E-state index contributed by atoms with van der Waals surface area (Å²) in [5.74, 6) is -1.55. The molecule has 0 amide bonds. The van der Waals surface area contributed by atoms with E-state index < -0.39 is 30.1 Å². The number of esters is 3. The van der Waals surface area contributed by atoms with E-state index in [1.807, 2.05) is 0 Å². The van der Waals surface area contributed by atoms with Gasteiger partial charge in [0, 0.05) is 26.1 Å². The lowest BCUT2D eigenvalue weighted by Gasteiger charge is -2.24. The molecule has 0 radical (unpaired) electrons. The summed E-state index contributed by atoms with van der Waals surface area (Å²) < 4.78 is 14.6. The standard InChI is InChI=1S/C10H15BrO6/c1-6(12)15-5-10(17-8(3)14)9(4-11)16-7(2)13/h9-10H,4-5H2,1-3H3. The fraction of sp³-hybridized carbons (Fsp3) is 0.700. The van der Waals surface area contributed by atoms with Crippen LogP contribution in [0, 0.1) is 0 Å². The van der Waals surface area contributed by atoms with Crippen molar-refractivity contribution in [2.45, 2.75) is 33.0 Å². The molecule has 0 saturated heterocycles. The fourth-order valence-electron chi connectivity index (χ4n) is 1.05. The molecule has 0 aliphatic rings. The second-order valence-electron chi connectivity index (χ2n) is 3.25. The van der Waals surface area contributed by atoms with Gasteiger partial charge < -0.3 is 14.2 Å². The first-order chi connectivity index (χ1) is 7.86. The van der Waals surface area contributed by atoms with Crippen molar-refractivity contribution in [3.05, 3.63) is 0 Å². The summed E-state index contributed by atoms with van der Waals surface area (Å²) in [6.45, 7) is 3.55. The summed E-state index contributed by atoms with van der Waals surface area (Å²) in [7, 11) is 0. The number of halogens is 1. The van der Waals surface area contributed by atoms with E-state index in [9.17, 15) is 14.4 Å². The van der Waals surface area contributed by atoms with E-state index >= 15 is 0 Å². The SMILES string of the molecule is CC(=O)OCC(OC(C)=O)C(CBr)OC(C)=O.